The predicted octanol–water partition coefficient (Wildman–Crippen LogP) is 5.06. The standard InChI is InChI=1S/C19H15Cl2N3O/c20-14-3-1-13(2-4-14)11-23-19(25)18-10-9-17(12-22-18)24-16-7-5-15(21)6-8-16/h1-10,12,24H,11H2,(H,23,25). The Labute approximate surface area is 155 Å². The van der Waals surface area contributed by atoms with Crippen molar-refractivity contribution in [3.63, 3.8) is 0 Å². The number of nitrogens with zero attached hydrogens (tertiary/aromatic N) is 1. The maximum absolute atomic E-state index is 12.2. The van der Waals surface area contributed by atoms with E-state index in [0.29, 0.717) is 22.3 Å². The molecule has 3 aromatic rings. The normalized spacial score (nSPS) is 10.3. The van der Waals surface area contributed by atoms with Crippen molar-refractivity contribution in [2.24, 2.45) is 0 Å². The number of carbonyl (C=O) groups excluding carboxylic acids is 1. The van der Waals surface area contributed by atoms with Crippen molar-refractivity contribution in [1.82, 2.24) is 10.3 Å². The lowest BCUT2D eigenvalue weighted by Gasteiger charge is -2.08. The monoisotopic (exact) mass is 371 g/mol. The summed E-state index contributed by atoms with van der Waals surface area (Å²) in [6, 6.07) is 18.1. The molecule has 0 saturated carbocycles. The van der Waals surface area contributed by atoms with Gasteiger partial charge < -0.3 is 10.6 Å². The first-order chi connectivity index (χ1) is 12.1. The maximum Gasteiger partial charge on any atom is 0.270 e. The third kappa shape index (κ3) is 4.95. The zero-order chi connectivity index (χ0) is 17.6. The van der Waals surface area contributed by atoms with Gasteiger partial charge >= 0.3 is 0 Å². The molecule has 25 heavy (non-hydrogen) atoms. The molecule has 126 valence electrons. The number of amides is 1. The van der Waals surface area contributed by atoms with Gasteiger partial charge in [-0.2, -0.15) is 0 Å². The summed E-state index contributed by atoms with van der Waals surface area (Å²) in [6.45, 7) is 0.419. The van der Waals surface area contributed by atoms with E-state index in [0.717, 1.165) is 16.9 Å². The van der Waals surface area contributed by atoms with E-state index in [1.54, 1.807) is 42.6 Å². The molecule has 0 aliphatic carbocycles. The van der Waals surface area contributed by atoms with Crippen molar-refractivity contribution < 1.29 is 4.79 Å². The van der Waals surface area contributed by atoms with Crippen LogP contribution >= 0.6 is 23.2 Å². The fraction of sp³-hybridized carbons (Fsp3) is 0.0526. The van der Waals surface area contributed by atoms with E-state index < -0.39 is 0 Å². The molecule has 1 amide bonds. The maximum atomic E-state index is 12.2. The molecule has 0 bridgehead atoms. The SMILES string of the molecule is O=C(NCc1ccc(Cl)cc1)c1ccc(Nc2ccc(Cl)cc2)cn1. The van der Waals surface area contributed by atoms with E-state index in [1.807, 2.05) is 24.3 Å². The zero-order valence-electron chi connectivity index (χ0n) is 13.2. The van der Waals surface area contributed by atoms with Crippen molar-refractivity contribution in [2.45, 2.75) is 6.54 Å². The highest BCUT2D eigenvalue weighted by atomic mass is 35.5. The number of carbonyl (C=O) groups is 1. The van der Waals surface area contributed by atoms with Crippen molar-refractivity contribution in [2.75, 3.05) is 5.32 Å². The molecule has 1 aromatic heterocycles. The first kappa shape index (κ1) is 17.3. The Morgan fingerprint density at radius 3 is 2.04 bits per heavy atom. The van der Waals surface area contributed by atoms with Crippen LogP contribution in [-0.2, 0) is 6.54 Å². The number of hydrogen-bond donors (Lipinski definition) is 2. The molecule has 1 heterocycles. The minimum absolute atomic E-state index is 0.229. The van der Waals surface area contributed by atoms with Gasteiger partial charge in [-0.25, -0.2) is 4.98 Å². The summed E-state index contributed by atoms with van der Waals surface area (Å²) in [4.78, 5) is 16.4. The molecule has 0 radical (unpaired) electrons. The molecule has 2 aromatic carbocycles. The minimum Gasteiger partial charge on any atom is -0.354 e. The summed E-state index contributed by atoms with van der Waals surface area (Å²) >= 11 is 11.7. The number of halogens is 2. The van der Waals surface area contributed by atoms with E-state index in [-0.39, 0.29) is 5.91 Å². The molecule has 2 N–H and O–H groups in total. The van der Waals surface area contributed by atoms with Gasteiger partial charge in [0.15, 0.2) is 0 Å². The second-order valence-electron chi connectivity index (χ2n) is 5.37. The van der Waals surface area contributed by atoms with Gasteiger partial charge in [0, 0.05) is 22.3 Å². The van der Waals surface area contributed by atoms with Crippen LogP contribution in [0.5, 0.6) is 0 Å². The van der Waals surface area contributed by atoms with Crippen LogP contribution < -0.4 is 10.6 Å². The van der Waals surface area contributed by atoms with Crippen LogP contribution in [-0.4, -0.2) is 10.9 Å². The summed E-state index contributed by atoms with van der Waals surface area (Å²) in [5, 5.41) is 7.37. The summed E-state index contributed by atoms with van der Waals surface area (Å²) in [7, 11) is 0. The number of anilines is 2. The number of pyridine rings is 1. The lowest BCUT2D eigenvalue weighted by molar-refractivity contribution is 0.0946. The third-order valence-electron chi connectivity index (χ3n) is 3.50. The number of aromatic nitrogens is 1. The van der Waals surface area contributed by atoms with Crippen molar-refractivity contribution >= 4 is 40.5 Å². The fourth-order valence-corrected chi connectivity index (χ4v) is 2.43. The fourth-order valence-electron chi connectivity index (χ4n) is 2.18. The zero-order valence-corrected chi connectivity index (χ0v) is 14.7. The van der Waals surface area contributed by atoms with Gasteiger partial charge in [0.2, 0.25) is 0 Å². The molecular formula is C19H15Cl2N3O. The van der Waals surface area contributed by atoms with E-state index in [1.165, 1.54) is 0 Å². The first-order valence-corrected chi connectivity index (χ1v) is 8.37. The summed E-state index contributed by atoms with van der Waals surface area (Å²) in [5.41, 5.74) is 3.01. The molecule has 0 aliphatic heterocycles. The minimum atomic E-state index is -0.229. The summed E-state index contributed by atoms with van der Waals surface area (Å²) < 4.78 is 0. The number of rotatable bonds is 5. The topological polar surface area (TPSA) is 54.0 Å². The van der Waals surface area contributed by atoms with Gasteiger partial charge in [0.05, 0.1) is 11.9 Å². The van der Waals surface area contributed by atoms with Crippen LogP contribution in [0.1, 0.15) is 16.1 Å². The quantitative estimate of drug-likeness (QED) is 0.658. The van der Waals surface area contributed by atoms with Gasteiger partial charge in [-0.15, -0.1) is 0 Å². The summed E-state index contributed by atoms with van der Waals surface area (Å²) in [5.74, 6) is -0.229. The molecule has 0 saturated heterocycles. The van der Waals surface area contributed by atoms with E-state index >= 15 is 0 Å². The predicted molar refractivity (Wildman–Crippen MR) is 102 cm³/mol. The third-order valence-corrected chi connectivity index (χ3v) is 4.00. The van der Waals surface area contributed by atoms with E-state index in [9.17, 15) is 4.79 Å². The lowest BCUT2D eigenvalue weighted by Crippen LogP contribution is -2.23. The Balaban J connectivity index is 1.58. The first-order valence-electron chi connectivity index (χ1n) is 7.61. The Morgan fingerprint density at radius 1 is 0.840 bits per heavy atom. The van der Waals surface area contributed by atoms with Crippen LogP contribution in [0.15, 0.2) is 66.9 Å². The highest BCUT2D eigenvalue weighted by molar-refractivity contribution is 6.30. The van der Waals surface area contributed by atoms with Crippen LogP contribution in [0.3, 0.4) is 0 Å². The number of benzene rings is 2. The smallest absolute Gasteiger partial charge is 0.270 e. The van der Waals surface area contributed by atoms with Crippen LogP contribution in [0.2, 0.25) is 10.0 Å². The number of hydrogen-bond acceptors (Lipinski definition) is 3. The molecule has 0 aliphatic rings. The van der Waals surface area contributed by atoms with Crippen molar-refractivity contribution in [3.05, 3.63) is 88.2 Å². The molecule has 3 rings (SSSR count). The molecule has 0 unspecified atom stereocenters. The summed E-state index contributed by atoms with van der Waals surface area (Å²) in [6.07, 6.45) is 1.62. The Hall–Kier alpha value is -2.56. The molecule has 0 atom stereocenters. The van der Waals surface area contributed by atoms with Gasteiger partial charge in [0.25, 0.3) is 5.91 Å². The largest absolute Gasteiger partial charge is 0.354 e. The molecular weight excluding hydrogens is 357 g/mol. The average molecular weight is 372 g/mol. The Kier molecular flexibility index (Phi) is 5.53. The molecule has 4 nitrogen and oxygen atoms in total. The molecule has 0 spiro atoms. The van der Waals surface area contributed by atoms with Gasteiger partial charge in [0.1, 0.15) is 5.69 Å². The van der Waals surface area contributed by atoms with Gasteiger partial charge in [-0.05, 0) is 54.1 Å². The van der Waals surface area contributed by atoms with Crippen molar-refractivity contribution in [1.29, 1.82) is 0 Å². The van der Waals surface area contributed by atoms with Gasteiger partial charge in [-0.1, -0.05) is 35.3 Å². The second-order valence-corrected chi connectivity index (χ2v) is 6.25. The molecule has 0 fully saturated rings. The Bertz CT molecular complexity index is 847. The Morgan fingerprint density at radius 2 is 1.44 bits per heavy atom. The molecule has 6 heteroatoms. The van der Waals surface area contributed by atoms with Crippen LogP contribution in [0.25, 0.3) is 0 Å². The van der Waals surface area contributed by atoms with E-state index in [2.05, 4.69) is 15.6 Å². The van der Waals surface area contributed by atoms with Crippen LogP contribution in [0, 0.1) is 0 Å². The van der Waals surface area contributed by atoms with Gasteiger partial charge in [-0.3, -0.25) is 4.79 Å². The number of nitrogens with one attached hydrogen (secondary N) is 2. The van der Waals surface area contributed by atoms with E-state index in [4.69, 9.17) is 23.2 Å². The lowest BCUT2D eigenvalue weighted by atomic mass is 10.2. The van der Waals surface area contributed by atoms with Crippen LogP contribution in [0.4, 0.5) is 11.4 Å². The second kappa shape index (κ2) is 8.01. The average Bonchev–Trinajstić information content (AvgIpc) is 2.63. The highest BCUT2D eigenvalue weighted by Crippen LogP contribution is 2.18. The highest BCUT2D eigenvalue weighted by Gasteiger charge is 2.07. The van der Waals surface area contributed by atoms with Crippen molar-refractivity contribution in [3.8, 4) is 0 Å².